The van der Waals surface area contributed by atoms with Gasteiger partial charge < -0.3 is 10.2 Å². The Hall–Kier alpha value is -1.88. The number of piperidine rings is 1. The predicted molar refractivity (Wildman–Crippen MR) is 82.4 cm³/mol. The van der Waals surface area contributed by atoms with Crippen LogP contribution in [0.15, 0.2) is 30.6 Å². The number of halogens is 2. The number of fused-ring (bicyclic) bond motifs is 1. The fourth-order valence-electron chi connectivity index (χ4n) is 3.34. The summed E-state index contributed by atoms with van der Waals surface area (Å²) in [7, 11) is 0. The SMILES string of the molecule is C=C(F)C(=O)N1CCC(C2C(=O)Nc3cc(Cl)ccc32)CC1. The number of amides is 2. The highest BCUT2D eigenvalue weighted by Gasteiger charge is 2.39. The molecule has 1 aromatic carbocycles. The van der Waals surface area contributed by atoms with Gasteiger partial charge in [-0.3, -0.25) is 9.59 Å². The Morgan fingerprint density at radius 2 is 2.05 bits per heavy atom. The van der Waals surface area contributed by atoms with Crippen molar-refractivity contribution in [3.63, 3.8) is 0 Å². The third kappa shape index (κ3) is 2.61. The summed E-state index contributed by atoms with van der Waals surface area (Å²) in [5, 5.41) is 3.44. The highest BCUT2D eigenvalue weighted by molar-refractivity contribution is 6.31. The molecular formula is C16H16ClFN2O2. The van der Waals surface area contributed by atoms with Crippen molar-refractivity contribution in [3.05, 3.63) is 41.2 Å². The molecule has 2 aliphatic heterocycles. The van der Waals surface area contributed by atoms with Crippen molar-refractivity contribution in [2.24, 2.45) is 5.92 Å². The standard InChI is InChI=1S/C16H16ClFN2O2/c1-9(18)16(22)20-6-4-10(5-7-20)14-12-3-2-11(17)8-13(12)19-15(14)21/h2-3,8,10,14H,1,4-7H2,(H,19,21). The van der Waals surface area contributed by atoms with E-state index in [9.17, 15) is 14.0 Å². The molecule has 0 radical (unpaired) electrons. The molecule has 0 saturated carbocycles. The van der Waals surface area contributed by atoms with Gasteiger partial charge in [0.15, 0.2) is 5.83 Å². The van der Waals surface area contributed by atoms with Crippen molar-refractivity contribution in [1.29, 1.82) is 0 Å². The second kappa shape index (κ2) is 5.72. The number of carbonyl (C=O) groups excluding carboxylic acids is 2. The molecule has 0 aliphatic carbocycles. The second-order valence-corrected chi connectivity index (χ2v) is 6.17. The summed E-state index contributed by atoms with van der Waals surface area (Å²) in [6.07, 6.45) is 1.33. The molecule has 0 bridgehead atoms. The maximum Gasteiger partial charge on any atom is 0.281 e. The molecule has 22 heavy (non-hydrogen) atoms. The van der Waals surface area contributed by atoms with E-state index in [1.807, 2.05) is 6.07 Å². The lowest BCUT2D eigenvalue weighted by atomic mass is 9.81. The number of carbonyl (C=O) groups is 2. The number of anilines is 1. The van der Waals surface area contributed by atoms with E-state index in [4.69, 9.17) is 11.6 Å². The van der Waals surface area contributed by atoms with Gasteiger partial charge in [0.25, 0.3) is 5.91 Å². The Bertz CT molecular complexity index is 654. The minimum absolute atomic E-state index is 0.0306. The summed E-state index contributed by atoms with van der Waals surface area (Å²) in [6.45, 7) is 3.93. The van der Waals surface area contributed by atoms with Gasteiger partial charge in [0.2, 0.25) is 5.91 Å². The van der Waals surface area contributed by atoms with Crippen molar-refractivity contribution >= 4 is 29.1 Å². The molecule has 2 heterocycles. The summed E-state index contributed by atoms with van der Waals surface area (Å²) in [5.41, 5.74) is 1.72. The topological polar surface area (TPSA) is 49.4 Å². The fraction of sp³-hybridized carbons (Fsp3) is 0.375. The largest absolute Gasteiger partial charge is 0.337 e. The Labute approximate surface area is 132 Å². The van der Waals surface area contributed by atoms with Crippen LogP contribution in [-0.4, -0.2) is 29.8 Å². The van der Waals surface area contributed by atoms with Crippen LogP contribution >= 0.6 is 11.6 Å². The number of benzene rings is 1. The Morgan fingerprint density at radius 1 is 1.36 bits per heavy atom. The molecular weight excluding hydrogens is 307 g/mol. The zero-order chi connectivity index (χ0) is 15.9. The first-order chi connectivity index (χ1) is 10.5. The molecule has 1 fully saturated rings. The molecule has 1 saturated heterocycles. The van der Waals surface area contributed by atoms with Crippen LogP contribution in [0, 0.1) is 5.92 Å². The van der Waals surface area contributed by atoms with E-state index in [0.29, 0.717) is 31.0 Å². The Balaban J connectivity index is 1.74. The number of nitrogens with zero attached hydrogens (tertiary/aromatic N) is 1. The predicted octanol–water partition coefficient (Wildman–Crippen LogP) is 3.10. The molecule has 0 aromatic heterocycles. The molecule has 0 spiro atoms. The molecule has 6 heteroatoms. The summed E-state index contributed by atoms with van der Waals surface area (Å²) in [4.78, 5) is 25.3. The Morgan fingerprint density at radius 3 is 2.68 bits per heavy atom. The first-order valence-corrected chi connectivity index (χ1v) is 7.59. The summed E-state index contributed by atoms with van der Waals surface area (Å²) >= 11 is 5.95. The van der Waals surface area contributed by atoms with Gasteiger partial charge in [0, 0.05) is 23.8 Å². The van der Waals surface area contributed by atoms with Crippen molar-refractivity contribution in [2.45, 2.75) is 18.8 Å². The number of likely N-dealkylation sites (tertiary alicyclic amines) is 1. The summed E-state index contributed by atoms with van der Waals surface area (Å²) in [5.74, 6) is -1.70. The van der Waals surface area contributed by atoms with Crippen LogP contribution in [0.1, 0.15) is 24.3 Å². The Kier molecular flexibility index (Phi) is 3.91. The van der Waals surface area contributed by atoms with E-state index in [2.05, 4.69) is 11.9 Å². The third-order valence-corrected chi connectivity index (χ3v) is 4.66. The minimum atomic E-state index is -0.933. The zero-order valence-electron chi connectivity index (χ0n) is 11.9. The molecule has 1 N–H and O–H groups in total. The molecule has 1 aromatic rings. The molecule has 3 rings (SSSR count). The zero-order valence-corrected chi connectivity index (χ0v) is 12.7. The van der Waals surface area contributed by atoms with Crippen LogP contribution < -0.4 is 5.32 Å². The monoisotopic (exact) mass is 322 g/mol. The van der Waals surface area contributed by atoms with Crippen molar-refractivity contribution in [2.75, 3.05) is 18.4 Å². The first kappa shape index (κ1) is 15.0. The van der Waals surface area contributed by atoms with Crippen LogP contribution in [0.4, 0.5) is 10.1 Å². The van der Waals surface area contributed by atoms with E-state index in [1.165, 1.54) is 4.90 Å². The molecule has 116 valence electrons. The fourth-order valence-corrected chi connectivity index (χ4v) is 3.51. The van der Waals surface area contributed by atoms with E-state index in [0.717, 1.165) is 11.3 Å². The van der Waals surface area contributed by atoms with E-state index < -0.39 is 11.7 Å². The maximum atomic E-state index is 12.9. The highest BCUT2D eigenvalue weighted by Crippen LogP contribution is 2.42. The lowest BCUT2D eigenvalue weighted by molar-refractivity contribution is -0.130. The number of hydrogen-bond donors (Lipinski definition) is 1. The number of rotatable bonds is 2. The van der Waals surface area contributed by atoms with Gasteiger partial charge in [-0.15, -0.1) is 0 Å². The molecule has 2 aliphatic rings. The van der Waals surface area contributed by atoms with E-state index in [1.54, 1.807) is 12.1 Å². The summed E-state index contributed by atoms with van der Waals surface area (Å²) in [6, 6.07) is 5.40. The molecule has 4 nitrogen and oxygen atoms in total. The quantitative estimate of drug-likeness (QED) is 0.851. The second-order valence-electron chi connectivity index (χ2n) is 5.73. The van der Waals surface area contributed by atoms with Gasteiger partial charge in [-0.1, -0.05) is 24.2 Å². The summed E-state index contributed by atoms with van der Waals surface area (Å²) < 4.78 is 12.9. The highest BCUT2D eigenvalue weighted by atomic mass is 35.5. The molecule has 1 atom stereocenters. The average Bonchev–Trinajstić information content (AvgIpc) is 2.81. The maximum absolute atomic E-state index is 12.9. The third-order valence-electron chi connectivity index (χ3n) is 4.42. The van der Waals surface area contributed by atoms with Gasteiger partial charge in [-0.25, -0.2) is 4.39 Å². The minimum Gasteiger partial charge on any atom is -0.337 e. The van der Waals surface area contributed by atoms with Crippen molar-refractivity contribution in [3.8, 4) is 0 Å². The van der Waals surface area contributed by atoms with Crippen LogP contribution in [0.2, 0.25) is 5.02 Å². The van der Waals surface area contributed by atoms with Gasteiger partial charge in [-0.05, 0) is 36.5 Å². The van der Waals surface area contributed by atoms with Crippen molar-refractivity contribution < 1.29 is 14.0 Å². The lowest BCUT2D eigenvalue weighted by Gasteiger charge is -2.33. The number of nitrogens with one attached hydrogen (secondary N) is 1. The normalized spacial score (nSPS) is 21.5. The smallest absolute Gasteiger partial charge is 0.281 e. The lowest BCUT2D eigenvalue weighted by Crippen LogP contribution is -2.40. The molecule has 2 amide bonds. The average molecular weight is 323 g/mol. The van der Waals surface area contributed by atoms with Crippen molar-refractivity contribution in [1.82, 2.24) is 4.90 Å². The van der Waals surface area contributed by atoms with E-state index >= 15 is 0 Å². The van der Waals surface area contributed by atoms with E-state index in [-0.39, 0.29) is 17.7 Å². The van der Waals surface area contributed by atoms with Crippen LogP contribution in [0.25, 0.3) is 0 Å². The molecule has 1 unspecified atom stereocenters. The van der Waals surface area contributed by atoms with Crippen LogP contribution in [0.3, 0.4) is 0 Å². The van der Waals surface area contributed by atoms with Gasteiger partial charge in [-0.2, -0.15) is 0 Å². The first-order valence-electron chi connectivity index (χ1n) is 7.21. The van der Waals surface area contributed by atoms with Gasteiger partial charge in [0.05, 0.1) is 5.92 Å². The van der Waals surface area contributed by atoms with Crippen LogP contribution in [-0.2, 0) is 9.59 Å². The van der Waals surface area contributed by atoms with Gasteiger partial charge >= 0.3 is 0 Å². The van der Waals surface area contributed by atoms with Crippen LogP contribution in [0.5, 0.6) is 0 Å². The van der Waals surface area contributed by atoms with Gasteiger partial charge in [0.1, 0.15) is 0 Å². The number of hydrogen-bond acceptors (Lipinski definition) is 2.